The van der Waals surface area contributed by atoms with Crippen LogP contribution in [0.15, 0.2) is 46.4 Å². The van der Waals surface area contributed by atoms with Crippen molar-refractivity contribution in [3.63, 3.8) is 0 Å². The summed E-state index contributed by atoms with van der Waals surface area (Å²) in [5.41, 5.74) is 0.585. The van der Waals surface area contributed by atoms with E-state index in [0.717, 1.165) is 9.35 Å². The number of thiophene rings is 1. The molecule has 1 aromatic heterocycles. The van der Waals surface area contributed by atoms with Crippen molar-refractivity contribution in [3.8, 4) is 0 Å². The number of carbonyl (C=O) groups is 2. The zero-order valence-corrected chi connectivity index (χ0v) is 15.4. The van der Waals surface area contributed by atoms with Gasteiger partial charge in [-0.3, -0.25) is 19.8 Å². The van der Waals surface area contributed by atoms with E-state index in [4.69, 9.17) is 23.8 Å². The SMILES string of the molecule is O=C1NC(=S)N(c2cccc(Br)c2)C(=O)/C1=C/c1ccc(Cl)s1. The highest BCUT2D eigenvalue weighted by Gasteiger charge is 2.34. The van der Waals surface area contributed by atoms with Crippen LogP contribution >= 0.6 is 51.1 Å². The second-order valence-corrected chi connectivity index (χ2v) is 7.63. The predicted molar refractivity (Wildman–Crippen MR) is 99.7 cm³/mol. The van der Waals surface area contributed by atoms with Gasteiger partial charge >= 0.3 is 0 Å². The van der Waals surface area contributed by atoms with Gasteiger partial charge in [0.25, 0.3) is 11.8 Å². The molecule has 0 unspecified atom stereocenters. The number of anilines is 1. The lowest BCUT2D eigenvalue weighted by Crippen LogP contribution is -2.54. The Bertz CT molecular complexity index is 863. The Kier molecular flexibility index (Phi) is 4.63. The molecular formula is C15H8BrClN2O2S2. The number of amides is 2. The molecule has 0 radical (unpaired) electrons. The number of rotatable bonds is 2. The lowest BCUT2D eigenvalue weighted by Gasteiger charge is -2.28. The molecule has 0 atom stereocenters. The highest BCUT2D eigenvalue weighted by Crippen LogP contribution is 2.27. The van der Waals surface area contributed by atoms with Crippen LogP contribution in [0.3, 0.4) is 0 Å². The topological polar surface area (TPSA) is 49.4 Å². The fraction of sp³-hybridized carbons (Fsp3) is 0. The minimum absolute atomic E-state index is 0.0112. The van der Waals surface area contributed by atoms with E-state index in [0.29, 0.717) is 10.0 Å². The zero-order valence-electron chi connectivity index (χ0n) is 11.4. The number of hydrogen-bond donors (Lipinski definition) is 1. The van der Waals surface area contributed by atoms with Crippen LogP contribution in [-0.2, 0) is 9.59 Å². The van der Waals surface area contributed by atoms with Crippen molar-refractivity contribution in [3.05, 3.63) is 55.7 Å². The first-order valence-corrected chi connectivity index (χ1v) is 8.77. The van der Waals surface area contributed by atoms with Crippen LogP contribution in [0.5, 0.6) is 0 Å². The minimum Gasteiger partial charge on any atom is -0.298 e. The van der Waals surface area contributed by atoms with Gasteiger partial charge < -0.3 is 0 Å². The Hall–Kier alpha value is -1.54. The first-order valence-electron chi connectivity index (χ1n) is 6.38. The number of nitrogens with one attached hydrogen (secondary N) is 1. The maximum atomic E-state index is 12.7. The van der Waals surface area contributed by atoms with Gasteiger partial charge in [0.1, 0.15) is 5.57 Å². The van der Waals surface area contributed by atoms with Crippen LogP contribution in [0.4, 0.5) is 5.69 Å². The van der Waals surface area contributed by atoms with E-state index < -0.39 is 11.8 Å². The van der Waals surface area contributed by atoms with Crippen molar-refractivity contribution in [2.45, 2.75) is 0 Å². The van der Waals surface area contributed by atoms with Gasteiger partial charge in [0, 0.05) is 9.35 Å². The molecule has 116 valence electrons. The normalized spacial score (nSPS) is 16.9. The largest absolute Gasteiger partial charge is 0.298 e. The van der Waals surface area contributed by atoms with Gasteiger partial charge in [-0.05, 0) is 48.6 Å². The van der Waals surface area contributed by atoms with Crippen LogP contribution in [0.25, 0.3) is 6.08 Å². The van der Waals surface area contributed by atoms with Crippen molar-refractivity contribution in [2.75, 3.05) is 4.90 Å². The summed E-state index contributed by atoms with van der Waals surface area (Å²) in [6.07, 6.45) is 1.51. The molecular weight excluding hydrogens is 420 g/mol. The summed E-state index contributed by atoms with van der Waals surface area (Å²) in [4.78, 5) is 26.9. The van der Waals surface area contributed by atoms with Crippen molar-refractivity contribution < 1.29 is 9.59 Å². The predicted octanol–water partition coefficient (Wildman–Crippen LogP) is 4.00. The second kappa shape index (κ2) is 6.52. The maximum Gasteiger partial charge on any atom is 0.270 e. The van der Waals surface area contributed by atoms with E-state index in [2.05, 4.69) is 21.2 Å². The van der Waals surface area contributed by atoms with Gasteiger partial charge in [0.15, 0.2) is 5.11 Å². The van der Waals surface area contributed by atoms with E-state index in [1.54, 1.807) is 30.3 Å². The smallest absolute Gasteiger partial charge is 0.270 e. The molecule has 23 heavy (non-hydrogen) atoms. The Morgan fingerprint density at radius 1 is 1.26 bits per heavy atom. The highest BCUT2D eigenvalue weighted by molar-refractivity contribution is 9.10. The summed E-state index contributed by atoms with van der Waals surface area (Å²) in [5, 5.41) is 2.60. The average molecular weight is 428 g/mol. The molecule has 0 spiro atoms. The summed E-state index contributed by atoms with van der Waals surface area (Å²) >= 11 is 15.7. The third-order valence-electron chi connectivity index (χ3n) is 3.05. The van der Waals surface area contributed by atoms with Crippen LogP contribution < -0.4 is 10.2 Å². The molecule has 1 N–H and O–H groups in total. The molecule has 0 aliphatic carbocycles. The number of benzene rings is 1. The molecule has 1 aromatic carbocycles. The lowest BCUT2D eigenvalue weighted by molar-refractivity contribution is -0.122. The molecule has 3 rings (SSSR count). The zero-order chi connectivity index (χ0) is 16.6. The Morgan fingerprint density at radius 2 is 2.04 bits per heavy atom. The monoisotopic (exact) mass is 426 g/mol. The van der Waals surface area contributed by atoms with Gasteiger partial charge in [0.05, 0.1) is 10.0 Å². The van der Waals surface area contributed by atoms with Crippen LogP contribution in [0.2, 0.25) is 4.34 Å². The summed E-state index contributed by atoms with van der Waals surface area (Å²) < 4.78 is 1.39. The van der Waals surface area contributed by atoms with E-state index in [1.165, 1.54) is 22.3 Å². The first kappa shape index (κ1) is 16.3. The summed E-state index contributed by atoms with van der Waals surface area (Å²) in [5.74, 6) is -0.989. The number of hydrogen-bond acceptors (Lipinski definition) is 4. The highest BCUT2D eigenvalue weighted by atomic mass is 79.9. The molecule has 1 aliphatic rings. The second-order valence-electron chi connectivity index (χ2n) is 4.58. The van der Waals surface area contributed by atoms with Crippen LogP contribution in [0, 0.1) is 0 Å². The standard InChI is InChI=1S/C15H8BrClN2O2S2/c16-8-2-1-3-9(6-8)19-14(21)11(13(20)18-15(19)22)7-10-4-5-12(17)23-10/h1-7H,(H,18,20,22)/b11-7+. The maximum absolute atomic E-state index is 12.7. The van der Waals surface area contributed by atoms with Gasteiger partial charge in [-0.2, -0.15) is 0 Å². The summed E-state index contributed by atoms with van der Waals surface area (Å²) in [6, 6.07) is 10.6. The Labute approximate surface area is 154 Å². The minimum atomic E-state index is -0.518. The molecule has 8 heteroatoms. The van der Waals surface area contributed by atoms with Gasteiger partial charge in [-0.1, -0.05) is 33.6 Å². The van der Waals surface area contributed by atoms with Crippen molar-refractivity contribution in [1.29, 1.82) is 0 Å². The Morgan fingerprint density at radius 3 is 2.70 bits per heavy atom. The molecule has 2 aromatic rings. The lowest BCUT2D eigenvalue weighted by atomic mass is 10.1. The van der Waals surface area contributed by atoms with E-state index in [1.807, 2.05) is 6.07 Å². The molecule has 4 nitrogen and oxygen atoms in total. The van der Waals surface area contributed by atoms with Crippen molar-refractivity contribution >= 4 is 79.8 Å². The van der Waals surface area contributed by atoms with Crippen molar-refractivity contribution in [2.24, 2.45) is 0 Å². The van der Waals surface area contributed by atoms with E-state index in [-0.39, 0.29) is 10.7 Å². The third kappa shape index (κ3) is 3.37. The summed E-state index contributed by atoms with van der Waals surface area (Å²) in [7, 11) is 0. The molecule has 0 saturated carbocycles. The van der Waals surface area contributed by atoms with Gasteiger partial charge in [0.2, 0.25) is 0 Å². The fourth-order valence-corrected chi connectivity index (χ4v) is 3.73. The number of thiocarbonyl (C=S) groups is 1. The number of halogens is 2. The molecule has 1 aliphatic heterocycles. The quantitative estimate of drug-likeness (QED) is 0.448. The number of carbonyl (C=O) groups excluding carboxylic acids is 2. The molecule has 2 heterocycles. The number of nitrogens with zero attached hydrogens (tertiary/aromatic N) is 1. The van der Waals surface area contributed by atoms with E-state index >= 15 is 0 Å². The third-order valence-corrected chi connectivity index (χ3v) is 5.00. The molecule has 2 amide bonds. The summed E-state index contributed by atoms with van der Waals surface area (Å²) in [6.45, 7) is 0. The molecule has 1 saturated heterocycles. The Balaban J connectivity index is 2.02. The first-order chi connectivity index (χ1) is 11.0. The molecule has 0 bridgehead atoms. The fourth-order valence-electron chi connectivity index (χ4n) is 2.06. The molecule has 1 fully saturated rings. The van der Waals surface area contributed by atoms with Crippen LogP contribution in [0.1, 0.15) is 4.88 Å². The van der Waals surface area contributed by atoms with Crippen molar-refractivity contribution in [1.82, 2.24) is 5.32 Å². The van der Waals surface area contributed by atoms with E-state index in [9.17, 15) is 9.59 Å². The van der Waals surface area contributed by atoms with Crippen LogP contribution in [-0.4, -0.2) is 16.9 Å². The van der Waals surface area contributed by atoms with Gasteiger partial charge in [-0.15, -0.1) is 11.3 Å². The average Bonchev–Trinajstić information content (AvgIpc) is 2.89. The van der Waals surface area contributed by atoms with Gasteiger partial charge in [-0.25, -0.2) is 0 Å².